The first-order valence-corrected chi connectivity index (χ1v) is 4.76. The van der Waals surface area contributed by atoms with Crippen LogP contribution in [0.3, 0.4) is 0 Å². The highest BCUT2D eigenvalue weighted by molar-refractivity contribution is 5.14. The molecule has 5 heteroatoms. The number of nitrogens with zero attached hydrogens (tertiary/aromatic N) is 2. The molecule has 0 spiro atoms. The first-order chi connectivity index (χ1) is 7.29. The summed E-state index contributed by atoms with van der Waals surface area (Å²) in [5.41, 5.74) is 4.79. The van der Waals surface area contributed by atoms with Crippen molar-refractivity contribution in [3.8, 4) is 0 Å². The smallest absolute Gasteiger partial charge is 0.0951 e. The lowest BCUT2D eigenvalue weighted by Gasteiger charge is -2.11. The molecule has 0 aromatic carbocycles. The Balaban J connectivity index is 2.09. The van der Waals surface area contributed by atoms with Crippen LogP contribution in [0.1, 0.15) is 17.3 Å². The summed E-state index contributed by atoms with van der Waals surface area (Å²) in [5.74, 6) is 5.49. The van der Waals surface area contributed by atoms with Crippen molar-refractivity contribution in [1.82, 2.24) is 15.2 Å². The van der Waals surface area contributed by atoms with E-state index in [0.717, 1.165) is 17.7 Å². The Bertz CT molecular complexity index is 407. The zero-order chi connectivity index (χ0) is 10.7. The molecule has 2 heterocycles. The topological polar surface area (TPSA) is 69.0 Å². The van der Waals surface area contributed by atoms with Crippen LogP contribution in [-0.2, 0) is 13.5 Å². The van der Waals surface area contributed by atoms with E-state index in [9.17, 15) is 0 Å². The van der Waals surface area contributed by atoms with Crippen LogP contribution in [0, 0.1) is 0 Å². The van der Waals surface area contributed by atoms with Crippen molar-refractivity contribution < 1.29 is 4.42 Å². The first-order valence-electron chi connectivity index (χ1n) is 4.76. The van der Waals surface area contributed by atoms with Crippen molar-refractivity contribution in [2.24, 2.45) is 12.9 Å². The van der Waals surface area contributed by atoms with E-state index in [-0.39, 0.29) is 6.04 Å². The second-order valence-corrected chi connectivity index (χ2v) is 3.46. The van der Waals surface area contributed by atoms with Gasteiger partial charge in [0, 0.05) is 25.2 Å². The predicted molar refractivity (Wildman–Crippen MR) is 55.7 cm³/mol. The van der Waals surface area contributed by atoms with Gasteiger partial charge in [-0.05, 0) is 12.1 Å². The van der Waals surface area contributed by atoms with Crippen LogP contribution >= 0.6 is 0 Å². The molecule has 0 aliphatic rings. The van der Waals surface area contributed by atoms with E-state index in [0.29, 0.717) is 0 Å². The summed E-state index contributed by atoms with van der Waals surface area (Å²) in [6.45, 7) is 0. The van der Waals surface area contributed by atoms with Gasteiger partial charge in [-0.3, -0.25) is 16.0 Å². The molecule has 0 saturated carbocycles. The van der Waals surface area contributed by atoms with Gasteiger partial charge in [0.2, 0.25) is 0 Å². The van der Waals surface area contributed by atoms with Gasteiger partial charge < -0.3 is 4.42 Å². The van der Waals surface area contributed by atoms with Gasteiger partial charge >= 0.3 is 0 Å². The molecule has 0 amide bonds. The number of hydrazine groups is 1. The van der Waals surface area contributed by atoms with Gasteiger partial charge in [0.15, 0.2) is 0 Å². The van der Waals surface area contributed by atoms with E-state index >= 15 is 0 Å². The summed E-state index contributed by atoms with van der Waals surface area (Å²) >= 11 is 0. The monoisotopic (exact) mass is 206 g/mol. The third kappa shape index (κ3) is 2.26. The van der Waals surface area contributed by atoms with E-state index in [2.05, 4.69) is 10.5 Å². The van der Waals surface area contributed by atoms with Crippen molar-refractivity contribution >= 4 is 0 Å². The van der Waals surface area contributed by atoms with Crippen LogP contribution in [-0.4, -0.2) is 9.78 Å². The van der Waals surface area contributed by atoms with E-state index in [4.69, 9.17) is 10.3 Å². The number of aryl methyl sites for hydroxylation is 1. The maximum absolute atomic E-state index is 5.49. The minimum atomic E-state index is 0.0404. The van der Waals surface area contributed by atoms with Crippen LogP contribution < -0.4 is 11.3 Å². The lowest BCUT2D eigenvalue weighted by molar-refractivity contribution is 0.520. The minimum absolute atomic E-state index is 0.0404. The van der Waals surface area contributed by atoms with Gasteiger partial charge in [0.25, 0.3) is 0 Å². The van der Waals surface area contributed by atoms with Crippen molar-refractivity contribution in [3.63, 3.8) is 0 Å². The number of aromatic nitrogens is 2. The number of hydrogen-bond acceptors (Lipinski definition) is 4. The molecule has 1 unspecified atom stereocenters. The van der Waals surface area contributed by atoms with Crippen LogP contribution in [0.5, 0.6) is 0 Å². The SMILES string of the molecule is Cn1ccc(CC(NN)c2ccoc2)n1. The first kappa shape index (κ1) is 9.95. The highest BCUT2D eigenvalue weighted by Crippen LogP contribution is 2.16. The second-order valence-electron chi connectivity index (χ2n) is 3.46. The average Bonchev–Trinajstić information content (AvgIpc) is 2.85. The fourth-order valence-electron chi connectivity index (χ4n) is 1.53. The summed E-state index contributed by atoms with van der Waals surface area (Å²) in [6.07, 6.45) is 5.99. The third-order valence-corrected chi connectivity index (χ3v) is 2.33. The lowest BCUT2D eigenvalue weighted by Crippen LogP contribution is -2.29. The summed E-state index contributed by atoms with van der Waals surface area (Å²) in [6, 6.07) is 3.91. The van der Waals surface area contributed by atoms with E-state index in [1.807, 2.05) is 25.4 Å². The molecular weight excluding hydrogens is 192 g/mol. The van der Waals surface area contributed by atoms with Crippen molar-refractivity contribution in [2.75, 3.05) is 0 Å². The molecule has 80 valence electrons. The fourth-order valence-corrected chi connectivity index (χ4v) is 1.53. The summed E-state index contributed by atoms with van der Waals surface area (Å²) in [5, 5.41) is 4.30. The second kappa shape index (κ2) is 4.29. The summed E-state index contributed by atoms with van der Waals surface area (Å²) in [7, 11) is 1.90. The Hall–Kier alpha value is -1.59. The van der Waals surface area contributed by atoms with Crippen LogP contribution in [0.25, 0.3) is 0 Å². The Morgan fingerprint density at radius 3 is 3.00 bits per heavy atom. The molecule has 2 aromatic rings. The third-order valence-electron chi connectivity index (χ3n) is 2.33. The highest BCUT2D eigenvalue weighted by Gasteiger charge is 2.12. The summed E-state index contributed by atoms with van der Waals surface area (Å²) < 4.78 is 6.80. The number of furan rings is 1. The van der Waals surface area contributed by atoms with Crippen molar-refractivity contribution in [2.45, 2.75) is 12.5 Å². The molecule has 3 N–H and O–H groups in total. The zero-order valence-electron chi connectivity index (χ0n) is 8.55. The standard InChI is InChI=1S/C10H14N4O/c1-14-4-2-9(13-14)6-10(12-11)8-3-5-15-7-8/h2-5,7,10,12H,6,11H2,1H3. The molecule has 0 aliphatic heterocycles. The maximum Gasteiger partial charge on any atom is 0.0951 e. The summed E-state index contributed by atoms with van der Waals surface area (Å²) in [4.78, 5) is 0. The molecule has 0 saturated heterocycles. The molecule has 0 aliphatic carbocycles. The largest absolute Gasteiger partial charge is 0.472 e. The molecule has 1 atom stereocenters. The van der Waals surface area contributed by atoms with Gasteiger partial charge in [-0.2, -0.15) is 5.10 Å². The van der Waals surface area contributed by atoms with Gasteiger partial charge in [0.05, 0.1) is 24.3 Å². The molecule has 0 fully saturated rings. The molecule has 0 radical (unpaired) electrons. The van der Waals surface area contributed by atoms with Crippen LogP contribution in [0.2, 0.25) is 0 Å². The predicted octanol–water partition coefficient (Wildman–Crippen LogP) is 0.760. The Morgan fingerprint density at radius 2 is 2.47 bits per heavy atom. The number of hydrogen-bond donors (Lipinski definition) is 2. The maximum atomic E-state index is 5.49. The van der Waals surface area contributed by atoms with E-state index in [1.54, 1.807) is 17.2 Å². The molecule has 2 aromatic heterocycles. The number of rotatable bonds is 4. The molecular formula is C10H14N4O. The van der Waals surface area contributed by atoms with Gasteiger partial charge in [-0.15, -0.1) is 0 Å². The Morgan fingerprint density at radius 1 is 1.60 bits per heavy atom. The Labute approximate surface area is 87.8 Å². The molecule has 0 bridgehead atoms. The molecule has 2 rings (SSSR count). The van der Waals surface area contributed by atoms with Crippen molar-refractivity contribution in [1.29, 1.82) is 0 Å². The quantitative estimate of drug-likeness (QED) is 0.572. The van der Waals surface area contributed by atoms with Crippen molar-refractivity contribution in [3.05, 3.63) is 42.1 Å². The Kier molecular flexibility index (Phi) is 2.84. The minimum Gasteiger partial charge on any atom is -0.472 e. The van der Waals surface area contributed by atoms with Crippen LogP contribution in [0.4, 0.5) is 0 Å². The number of nitrogens with one attached hydrogen (secondary N) is 1. The number of nitrogens with two attached hydrogens (primary N) is 1. The molecule has 5 nitrogen and oxygen atoms in total. The van der Waals surface area contributed by atoms with Gasteiger partial charge in [-0.25, -0.2) is 0 Å². The van der Waals surface area contributed by atoms with Gasteiger partial charge in [-0.1, -0.05) is 0 Å². The fraction of sp³-hybridized carbons (Fsp3) is 0.300. The zero-order valence-corrected chi connectivity index (χ0v) is 8.55. The van der Waals surface area contributed by atoms with E-state index in [1.165, 1.54) is 0 Å². The normalized spacial score (nSPS) is 12.9. The van der Waals surface area contributed by atoms with Gasteiger partial charge in [0.1, 0.15) is 0 Å². The average molecular weight is 206 g/mol. The van der Waals surface area contributed by atoms with Crippen LogP contribution in [0.15, 0.2) is 35.3 Å². The lowest BCUT2D eigenvalue weighted by atomic mass is 10.1. The van der Waals surface area contributed by atoms with E-state index < -0.39 is 0 Å². The molecule has 15 heavy (non-hydrogen) atoms. The highest BCUT2D eigenvalue weighted by atomic mass is 16.3.